The van der Waals surface area contributed by atoms with Gasteiger partial charge in [0.2, 0.25) is 11.8 Å². The third kappa shape index (κ3) is 16.0. The van der Waals surface area contributed by atoms with Crippen LogP contribution in [0.2, 0.25) is 0 Å². The summed E-state index contributed by atoms with van der Waals surface area (Å²) >= 11 is 0. The summed E-state index contributed by atoms with van der Waals surface area (Å²) < 4.78 is 10.6. The van der Waals surface area contributed by atoms with Gasteiger partial charge in [0.15, 0.2) is 0 Å². The Kier molecular flexibility index (Phi) is 16.4. The fraction of sp³-hybridized carbons (Fsp3) is 0.778. The molecule has 39 heavy (non-hydrogen) atoms. The fourth-order valence-corrected chi connectivity index (χ4v) is 3.16. The number of hydrogen-bond acceptors (Lipinski definition) is 8. The van der Waals surface area contributed by atoms with Crippen molar-refractivity contribution in [2.45, 2.75) is 98.6 Å². The second kappa shape index (κ2) is 17.7. The van der Waals surface area contributed by atoms with Gasteiger partial charge in [0.05, 0.1) is 26.4 Å². The first-order valence-electron chi connectivity index (χ1n) is 13.3. The monoisotopic (exact) mass is 558 g/mol. The maximum Gasteiger partial charge on any atom is 0.326 e. The first kappa shape index (κ1) is 36.1. The molecule has 0 aliphatic rings. The van der Waals surface area contributed by atoms with Crippen LogP contribution in [0.25, 0.3) is 0 Å². The predicted molar refractivity (Wildman–Crippen MR) is 142 cm³/mol. The molecule has 0 aromatic rings. The molecule has 4 N–H and O–H groups in total. The van der Waals surface area contributed by atoms with Gasteiger partial charge in [0, 0.05) is 36.5 Å². The Balaban J connectivity index is 4.15. The van der Waals surface area contributed by atoms with E-state index in [4.69, 9.17) is 9.47 Å². The Morgan fingerprint density at radius 2 is 1.03 bits per heavy atom. The van der Waals surface area contributed by atoms with Crippen LogP contribution in [0.15, 0.2) is 0 Å². The minimum absolute atomic E-state index is 0.00181. The van der Waals surface area contributed by atoms with Gasteiger partial charge in [-0.3, -0.25) is 19.2 Å². The predicted octanol–water partition coefficient (Wildman–Crippen LogP) is 2.12. The molecule has 0 aromatic heterocycles. The summed E-state index contributed by atoms with van der Waals surface area (Å²) in [5, 5.41) is 23.4. The summed E-state index contributed by atoms with van der Waals surface area (Å²) in [4.78, 5) is 71.1. The number of carboxylic acids is 2. The minimum atomic E-state index is -1.22. The number of rotatable bonds is 21. The van der Waals surface area contributed by atoms with Crippen LogP contribution in [-0.2, 0) is 38.2 Å². The molecule has 0 radical (unpaired) electrons. The highest BCUT2D eigenvalue weighted by atomic mass is 16.5. The normalized spacial score (nSPS) is 13.3. The second-order valence-corrected chi connectivity index (χ2v) is 11.1. The molecule has 12 heteroatoms. The molecule has 224 valence electrons. The van der Waals surface area contributed by atoms with Gasteiger partial charge in [-0.2, -0.15) is 0 Å². The molecule has 0 aliphatic carbocycles. The fourth-order valence-electron chi connectivity index (χ4n) is 3.16. The van der Waals surface area contributed by atoms with Gasteiger partial charge in [0.25, 0.3) is 0 Å². The van der Waals surface area contributed by atoms with Crippen LogP contribution in [-0.4, -0.2) is 84.0 Å². The number of Topliss-reactive ketones (excluding diaryl/α,β-unsaturated/α-hetero) is 2. The number of ketones is 2. The van der Waals surface area contributed by atoms with Crippen LogP contribution in [0, 0.1) is 10.8 Å². The number of amides is 2. The third-order valence-corrected chi connectivity index (χ3v) is 6.38. The maximum atomic E-state index is 12.2. The first-order valence-corrected chi connectivity index (χ1v) is 13.3. The van der Waals surface area contributed by atoms with Gasteiger partial charge in [-0.05, 0) is 19.3 Å². The molecule has 0 bridgehead atoms. The molecule has 2 atom stereocenters. The molecule has 0 spiro atoms. The molecular weight excluding hydrogens is 512 g/mol. The van der Waals surface area contributed by atoms with Crippen LogP contribution in [0.4, 0.5) is 0 Å². The van der Waals surface area contributed by atoms with E-state index < -0.39 is 46.7 Å². The Labute approximate surface area is 230 Å². The number of nitrogens with one attached hydrogen (secondary N) is 2. The smallest absolute Gasteiger partial charge is 0.326 e. The minimum Gasteiger partial charge on any atom is -0.480 e. The summed E-state index contributed by atoms with van der Waals surface area (Å²) in [6, 6.07) is -2.33. The largest absolute Gasteiger partial charge is 0.480 e. The number of ether oxygens (including phenoxy) is 2. The van der Waals surface area contributed by atoms with E-state index in [0.717, 1.165) is 0 Å². The molecule has 0 fully saturated rings. The summed E-state index contributed by atoms with van der Waals surface area (Å²) in [5.74, 6) is -3.60. The number of aliphatic carboxylic acids is 2. The zero-order valence-electron chi connectivity index (χ0n) is 24.1. The van der Waals surface area contributed by atoms with Crippen LogP contribution in [0.1, 0.15) is 86.5 Å². The van der Waals surface area contributed by atoms with Gasteiger partial charge in [-0.1, -0.05) is 41.5 Å². The molecule has 0 heterocycles. The van der Waals surface area contributed by atoms with Gasteiger partial charge < -0.3 is 30.3 Å². The van der Waals surface area contributed by atoms with Crippen LogP contribution in [0.5, 0.6) is 0 Å². The second-order valence-electron chi connectivity index (χ2n) is 11.1. The Bertz CT molecular complexity index is 848. The third-order valence-electron chi connectivity index (χ3n) is 6.38. The molecular formula is C27H46N2O10. The Morgan fingerprint density at radius 3 is 1.36 bits per heavy atom. The zero-order valence-corrected chi connectivity index (χ0v) is 24.1. The van der Waals surface area contributed by atoms with Crippen molar-refractivity contribution in [1.29, 1.82) is 0 Å². The van der Waals surface area contributed by atoms with E-state index >= 15 is 0 Å². The van der Waals surface area contributed by atoms with Gasteiger partial charge in [0.1, 0.15) is 23.7 Å². The van der Waals surface area contributed by atoms with Crippen molar-refractivity contribution in [1.82, 2.24) is 10.6 Å². The van der Waals surface area contributed by atoms with Crippen LogP contribution in [0.3, 0.4) is 0 Å². The maximum absolute atomic E-state index is 12.2. The van der Waals surface area contributed by atoms with Crippen molar-refractivity contribution in [3.05, 3.63) is 0 Å². The van der Waals surface area contributed by atoms with E-state index in [1.165, 1.54) is 0 Å². The molecule has 0 aliphatic heterocycles. The molecule has 2 amide bonds. The number of carbonyl (C=O) groups excluding carboxylic acids is 4. The molecule has 12 nitrogen and oxygen atoms in total. The quantitative estimate of drug-likeness (QED) is 0.152. The van der Waals surface area contributed by atoms with Crippen LogP contribution >= 0.6 is 0 Å². The SMILES string of the molecule is CCC(C)(C)C(=O)CC[C@H](NC(=O)CCOCCOCCC(=O)N[C@@H](CCC(=O)C(C)(C)C)C(=O)O)C(=O)O. The first-order chi connectivity index (χ1) is 18.0. The topological polar surface area (TPSA) is 185 Å². The van der Waals surface area contributed by atoms with Crippen molar-refractivity contribution in [3.8, 4) is 0 Å². The highest BCUT2D eigenvalue weighted by Crippen LogP contribution is 2.23. The van der Waals surface area contributed by atoms with E-state index in [2.05, 4.69) is 10.6 Å². The Hall–Kier alpha value is -2.86. The molecule has 0 rings (SSSR count). The number of carbonyl (C=O) groups is 6. The van der Waals surface area contributed by atoms with E-state index in [-0.39, 0.29) is 76.5 Å². The number of carboxylic acid groups (broad SMARTS) is 2. The highest BCUT2D eigenvalue weighted by molar-refractivity contribution is 5.87. The van der Waals surface area contributed by atoms with Crippen molar-refractivity contribution in [2.24, 2.45) is 10.8 Å². The van der Waals surface area contributed by atoms with E-state index in [0.29, 0.717) is 6.42 Å². The lowest BCUT2D eigenvalue weighted by atomic mass is 9.83. The standard InChI is InChI=1S/C27H46N2O10/c1-7-27(5,6)21(31)11-9-19(25(36)37)29-23(33)13-15-39-17-16-38-14-12-22(32)28-18(24(34)35)8-10-20(30)26(2,3)4/h18-19H,7-17H2,1-6H3,(H,28,32)(H,29,33)(H,34,35)(H,36,37)/t18-,19-/m0/s1. The van der Waals surface area contributed by atoms with Crippen molar-refractivity contribution in [3.63, 3.8) is 0 Å². The average molecular weight is 559 g/mol. The molecule has 0 unspecified atom stereocenters. The lowest BCUT2D eigenvalue weighted by Gasteiger charge is -2.22. The lowest BCUT2D eigenvalue weighted by molar-refractivity contribution is -0.143. The van der Waals surface area contributed by atoms with Gasteiger partial charge >= 0.3 is 11.9 Å². The molecule has 0 aromatic carbocycles. The summed E-state index contributed by atoms with van der Waals surface area (Å²) in [7, 11) is 0. The Morgan fingerprint density at radius 1 is 0.641 bits per heavy atom. The lowest BCUT2D eigenvalue weighted by Crippen LogP contribution is -2.42. The van der Waals surface area contributed by atoms with E-state index in [9.17, 15) is 39.0 Å². The van der Waals surface area contributed by atoms with Gasteiger partial charge in [-0.15, -0.1) is 0 Å². The average Bonchev–Trinajstić information content (AvgIpc) is 2.84. The van der Waals surface area contributed by atoms with Crippen LogP contribution < -0.4 is 10.6 Å². The van der Waals surface area contributed by atoms with Crippen molar-refractivity contribution < 1.29 is 48.5 Å². The zero-order chi connectivity index (χ0) is 30.2. The highest BCUT2D eigenvalue weighted by Gasteiger charge is 2.28. The van der Waals surface area contributed by atoms with Gasteiger partial charge in [-0.25, -0.2) is 9.59 Å². The van der Waals surface area contributed by atoms with E-state index in [1.807, 2.05) is 6.92 Å². The van der Waals surface area contributed by atoms with E-state index in [1.54, 1.807) is 34.6 Å². The summed E-state index contributed by atoms with van der Waals surface area (Å²) in [6.07, 6.45) is 0.590. The summed E-state index contributed by atoms with van der Waals surface area (Å²) in [5.41, 5.74) is -1.12. The molecule has 0 saturated carbocycles. The molecule has 0 saturated heterocycles. The van der Waals surface area contributed by atoms with Crippen molar-refractivity contribution >= 4 is 35.3 Å². The van der Waals surface area contributed by atoms with Crippen molar-refractivity contribution in [2.75, 3.05) is 26.4 Å². The number of hydrogen-bond donors (Lipinski definition) is 4. The summed E-state index contributed by atoms with van der Waals surface area (Å²) in [6.45, 7) is 11.0.